The van der Waals surface area contributed by atoms with Gasteiger partial charge in [-0.1, -0.05) is 23.2 Å². The molecule has 1 N–H and O–H groups in total. The van der Waals surface area contributed by atoms with Gasteiger partial charge in [0.1, 0.15) is 0 Å². The average Bonchev–Trinajstić information content (AvgIpc) is 2.14. The molecule has 0 aromatic heterocycles. The van der Waals surface area contributed by atoms with Gasteiger partial charge in [-0.3, -0.25) is 4.79 Å². The van der Waals surface area contributed by atoms with E-state index < -0.39 is 0 Å². The van der Waals surface area contributed by atoms with Gasteiger partial charge in [-0.15, -0.1) is 0 Å². The second-order valence-corrected chi connectivity index (χ2v) is 3.30. The standard InChI is InChI=1S/C9H8Cl2N2O/c1-2-12-13-9(14)7-4-3-6(10)5-8(7)11/h2-5H,1H3,(H,13,14)/b12-2+. The highest BCUT2D eigenvalue weighted by molar-refractivity contribution is 6.36. The van der Waals surface area contributed by atoms with Gasteiger partial charge >= 0.3 is 0 Å². The summed E-state index contributed by atoms with van der Waals surface area (Å²) >= 11 is 11.5. The molecule has 0 unspecified atom stereocenters. The number of hydrogen-bond donors (Lipinski definition) is 1. The summed E-state index contributed by atoms with van der Waals surface area (Å²) in [5.74, 6) is -0.357. The van der Waals surface area contributed by atoms with Gasteiger partial charge in [-0.05, 0) is 25.1 Å². The molecule has 1 amide bonds. The fourth-order valence-electron chi connectivity index (χ4n) is 0.857. The third-order valence-electron chi connectivity index (χ3n) is 1.47. The maximum absolute atomic E-state index is 11.4. The molecule has 0 aliphatic heterocycles. The van der Waals surface area contributed by atoms with Gasteiger partial charge in [-0.2, -0.15) is 5.10 Å². The highest BCUT2D eigenvalue weighted by atomic mass is 35.5. The normalized spacial score (nSPS) is 10.5. The largest absolute Gasteiger partial charge is 0.272 e. The highest BCUT2D eigenvalue weighted by Crippen LogP contribution is 2.20. The molecule has 0 aliphatic rings. The van der Waals surface area contributed by atoms with E-state index in [1.54, 1.807) is 19.1 Å². The van der Waals surface area contributed by atoms with Gasteiger partial charge in [-0.25, -0.2) is 5.43 Å². The van der Waals surface area contributed by atoms with E-state index >= 15 is 0 Å². The molecule has 0 fully saturated rings. The summed E-state index contributed by atoms with van der Waals surface area (Å²) in [6.07, 6.45) is 1.47. The Bertz CT molecular complexity index is 377. The zero-order valence-corrected chi connectivity index (χ0v) is 8.93. The van der Waals surface area contributed by atoms with Crippen molar-refractivity contribution in [3.8, 4) is 0 Å². The molecule has 0 heterocycles. The van der Waals surface area contributed by atoms with Crippen LogP contribution in [0.2, 0.25) is 10.0 Å². The Morgan fingerprint density at radius 1 is 1.50 bits per heavy atom. The Balaban J connectivity index is 2.90. The number of carbonyl (C=O) groups excluding carboxylic acids is 1. The molecule has 0 radical (unpaired) electrons. The van der Waals surface area contributed by atoms with Crippen LogP contribution in [0.15, 0.2) is 23.3 Å². The SMILES string of the molecule is C/C=N/NC(=O)c1ccc(Cl)cc1Cl. The quantitative estimate of drug-likeness (QED) is 0.617. The fraction of sp³-hybridized carbons (Fsp3) is 0.111. The summed E-state index contributed by atoms with van der Waals surface area (Å²) in [4.78, 5) is 11.4. The number of rotatable bonds is 2. The van der Waals surface area contributed by atoms with E-state index in [0.717, 1.165) is 0 Å². The van der Waals surface area contributed by atoms with Crippen molar-refractivity contribution in [2.75, 3.05) is 0 Å². The third-order valence-corrected chi connectivity index (χ3v) is 2.02. The van der Waals surface area contributed by atoms with Crippen LogP contribution in [-0.2, 0) is 0 Å². The van der Waals surface area contributed by atoms with Crippen LogP contribution in [0.1, 0.15) is 17.3 Å². The van der Waals surface area contributed by atoms with Gasteiger partial charge in [0.05, 0.1) is 10.6 Å². The van der Waals surface area contributed by atoms with Crippen molar-refractivity contribution in [2.24, 2.45) is 5.10 Å². The zero-order chi connectivity index (χ0) is 10.6. The predicted molar refractivity (Wildman–Crippen MR) is 58.1 cm³/mol. The lowest BCUT2D eigenvalue weighted by Gasteiger charge is -2.02. The Hall–Kier alpha value is -1.06. The van der Waals surface area contributed by atoms with Crippen molar-refractivity contribution in [1.82, 2.24) is 5.43 Å². The van der Waals surface area contributed by atoms with Crippen LogP contribution in [0.3, 0.4) is 0 Å². The first-order valence-corrected chi connectivity index (χ1v) is 4.64. The van der Waals surface area contributed by atoms with Crippen molar-refractivity contribution in [1.29, 1.82) is 0 Å². The van der Waals surface area contributed by atoms with Crippen LogP contribution < -0.4 is 5.43 Å². The molecule has 74 valence electrons. The number of nitrogens with one attached hydrogen (secondary N) is 1. The first-order chi connectivity index (χ1) is 6.65. The molecule has 0 saturated heterocycles. The maximum Gasteiger partial charge on any atom is 0.272 e. The lowest BCUT2D eigenvalue weighted by molar-refractivity contribution is 0.0955. The minimum Gasteiger partial charge on any atom is -0.267 e. The van der Waals surface area contributed by atoms with Crippen LogP contribution in [0, 0.1) is 0 Å². The average molecular weight is 231 g/mol. The summed E-state index contributed by atoms with van der Waals surface area (Å²) in [5, 5.41) is 4.39. The van der Waals surface area contributed by atoms with Crippen molar-refractivity contribution < 1.29 is 4.79 Å². The highest BCUT2D eigenvalue weighted by Gasteiger charge is 2.09. The molecule has 0 spiro atoms. The number of hydrogen-bond acceptors (Lipinski definition) is 2. The molecule has 0 bridgehead atoms. The molecule has 0 aliphatic carbocycles. The van der Waals surface area contributed by atoms with E-state index in [0.29, 0.717) is 15.6 Å². The number of benzene rings is 1. The number of amides is 1. The summed E-state index contributed by atoms with van der Waals surface area (Å²) in [5.41, 5.74) is 2.66. The molecular formula is C9H8Cl2N2O. The second kappa shape index (κ2) is 4.98. The van der Waals surface area contributed by atoms with Crippen molar-refractivity contribution >= 4 is 35.3 Å². The first kappa shape index (κ1) is 11.0. The number of nitrogens with zero attached hydrogens (tertiary/aromatic N) is 1. The van der Waals surface area contributed by atoms with Gasteiger partial charge in [0.2, 0.25) is 0 Å². The Morgan fingerprint density at radius 2 is 2.21 bits per heavy atom. The van der Waals surface area contributed by atoms with E-state index in [9.17, 15) is 4.79 Å². The minimum absolute atomic E-state index is 0.307. The van der Waals surface area contributed by atoms with E-state index in [-0.39, 0.29) is 5.91 Å². The molecular weight excluding hydrogens is 223 g/mol. The Kier molecular flexibility index (Phi) is 3.92. The fourth-order valence-corrected chi connectivity index (χ4v) is 1.35. The van der Waals surface area contributed by atoms with Crippen LogP contribution in [-0.4, -0.2) is 12.1 Å². The minimum atomic E-state index is -0.357. The smallest absolute Gasteiger partial charge is 0.267 e. The zero-order valence-electron chi connectivity index (χ0n) is 7.42. The number of hydrazone groups is 1. The van der Waals surface area contributed by atoms with Crippen molar-refractivity contribution in [3.05, 3.63) is 33.8 Å². The Morgan fingerprint density at radius 3 is 2.79 bits per heavy atom. The summed E-state index contributed by atoms with van der Waals surface area (Å²) in [6, 6.07) is 4.65. The van der Waals surface area contributed by atoms with Crippen LogP contribution in [0.5, 0.6) is 0 Å². The van der Waals surface area contributed by atoms with E-state index in [4.69, 9.17) is 23.2 Å². The summed E-state index contributed by atoms with van der Waals surface area (Å²) < 4.78 is 0. The van der Waals surface area contributed by atoms with Crippen LogP contribution >= 0.6 is 23.2 Å². The van der Waals surface area contributed by atoms with E-state index in [1.807, 2.05) is 0 Å². The molecule has 0 atom stereocenters. The maximum atomic E-state index is 11.4. The van der Waals surface area contributed by atoms with Crippen LogP contribution in [0.25, 0.3) is 0 Å². The summed E-state index contributed by atoms with van der Waals surface area (Å²) in [7, 11) is 0. The topological polar surface area (TPSA) is 41.5 Å². The van der Waals surface area contributed by atoms with E-state index in [1.165, 1.54) is 12.3 Å². The van der Waals surface area contributed by atoms with Crippen molar-refractivity contribution in [3.63, 3.8) is 0 Å². The molecule has 5 heteroatoms. The number of carbonyl (C=O) groups is 1. The molecule has 0 saturated carbocycles. The lowest BCUT2D eigenvalue weighted by atomic mass is 10.2. The van der Waals surface area contributed by atoms with Gasteiger partial charge < -0.3 is 0 Å². The van der Waals surface area contributed by atoms with Crippen LogP contribution in [0.4, 0.5) is 0 Å². The second-order valence-electron chi connectivity index (χ2n) is 2.45. The molecule has 3 nitrogen and oxygen atoms in total. The van der Waals surface area contributed by atoms with Gasteiger partial charge in [0.25, 0.3) is 5.91 Å². The molecule has 14 heavy (non-hydrogen) atoms. The molecule has 1 aromatic carbocycles. The summed E-state index contributed by atoms with van der Waals surface area (Å²) in [6.45, 7) is 1.70. The lowest BCUT2D eigenvalue weighted by Crippen LogP contribution is -2.17. The first-order valence-electron chi connectivity index (χ1n) is 3.88. The van der Waals surface area contributed by atoms with Gasteiger partial charge in [0, 0.05) is 11.2 Å². The number of halogens is 2. The van der Waals surface area contributed by atoms with Gasteiger partial charge in [0.15, 0.2) is 0 Å². The van der Waals surface area contributed by atoms with Crippen molar-refractivity contribution in [2.45, 2.75) is 6.92 Å². The molecule has 1 rings (SSSR count). The van der Waals surface area contributed by atoms with E-state index in [2.05, 4.69) is 10.5 Å². The predicted octanol–water partition coefficient (Wildman–Crippen LogP) is 2.73. The Labute approximate surface area is 91.7 Å². The third kappa shape index (κ3) is 2.72. The molecule has 1 aromatic rings. The monoisotopic (exact) mass is 230 g/mol.